The topological polar surface area (TPSA) is 126 Å². The highest BCUT2D eigenvalue weighted by atomic mass is 16.5. The van der Waals surface area contributed by atoms with Crippen LogP contribution in [0.15, 0.2) is 109 Å². The van der Waals surface area contributed by atoms with Crippen molar-refractivity contribution >= 4 is 23.6 Å². The maximum atomic E-state index is 13.4. The number of amides is 4. The highest BCUT2D eigenvalue weighted by Gasteiger charge is 2.28. The number of hydrogen-bond acceptors (Lipinski definition) is 6. The summed E-state index contributed by atoms with van der Waals surface area (Å²) in [6.45, 7) is 0.736. The van der Waals surface area contributed by atoms with Crippen LogP contribution in [0.1, 0.15) is 28.8 Å². The van der Waals surface area contributed by atoms with Crippen molar-refractivity contribution in [3.8, 4) is 22.6 Å². The fourth-order valence-electron chi connectivity index (χ4n) is 5.39. The average molecular weight is 649 g/mol. The third-order valence-electron chi connectivity index (χ3n) is 8.02. The molecule has 4 aromatic rings. The molecule has 3 N–H and O–H groups in total. The largest absolute Gasteiger partial charge is 0.492 e. The minimum absolute atomic E-state index is 0.0102. The molecule has 48 heavy (non-hydrogen) atoms. The molecule has 4 aromatic carbocycles. The Hall–Kier alpha value is -5.64. The first-order valence-corrected chi connectivity index (χ1v) is 16.0. The molecule has 0 bridgehead atoms. The van der Waals surface area contributed by atoms with E-state index in [9.17, 15) is 19.2 Å². The van der Waals surface area contributed by atoms with Crippen molar-refractivity contribution in [1.29, 1.82) is 0 Å². The first kappa shape index (κ1) is 33.7. The predicted octanol–water partition coefficient (Wildman–Crippen LogP) is 4.01. The SMILES string of the molecule is CN1CCOc2ccccc2C(=O)N[C@H](C(=O)NCCOc2ccc(-c3ccccc3)cc2)CCC(=O)N[C@@H](Cc2ccccc2)C1=O. The molecule has 0 aromatic heterocycles. The summed E-state index contributed by atoms with van der Waals surface area (Å²) in [6, 6.07) is 32.0. The molecule has 0 aliphatic carbocycles. The van der Waals surface area contributed by atoms with Crippen LogP contribution in [0.4, 0.5) is 0 Å². The van der Waals surface area contributed by atoms with E-state index in [0.29, 0.717) is 17.9 Å². The molecule has 0 saturated heterocycles. The molecule has 5 rings (SSSR count). The number of nitrogens with zero attached hydrogens (tertiary/aromatic N) is 1. The normalized spacial score (nSPS) is 17.4. The van der Waals surface area contributed by atoms with Gasteiger partial charge >= 0.3 is 0 Å². The molecule has 10 heteroatoms. The summed E-state index contributed by atoms with van der Waals surface area (Å²) in [6.07, 6.45) is 0.217. The maximum absolute atomic E-state index is 13.4. The van der Waals surface area contributed by atoms with Crippen LogP contribution in [0.25, 0.3) is 11.1 Å². The van der Waals surface area contributed by atoms with Gasteiger partial charge in [0.15, 0.2) is 0 Å². The summed E-state index contributed by atoms with van der Waals surface area (Å²) in [7, 11) is 1.65. The highest BCUT2D eigenvalue weighted by molar-refractivity contribution is 5.99. The van der Waals surface area contributed by atoms with E-state index in [0.717, 1.165) is 16.7 Å². The van der Waals surface area contributed by atoms with Gasteiger partial charge in [-0.2, -0.15) is 0 Å². The van der Waals surface area contributed by atoms with Crippen LogP contribution < -0.4 is 25.4 Å². The molecule has 0 fully saturated rings. The van der Waals surface area contributed by atoms with Gasteiger partial charge in [-0.15, -0.1) is 0 Å². The number of nitrogens with one attached hydrogen (secondary N) is 3. The summed E-state index contributed by atoms with van der Waals surface area (Å²) in [5, 5.41) is 8.45. The minimum Gasteiger partial charge on any atom is -0.492 e. The number of benzene rings is 4. The van der Waals surface area contributed by atoms with Crippen molar-refractivity contribution in [3.05, 3.63) is 120 Å². The first-order chi connectivity index (χ1) is 23.4. The second-order valence-corrected chi connectivity index (χ2v) is 11.5. The number of ether oxygens (including phenoxy) is 2. The fourth-order valence-corrected chi connectivity index (χ4v) is 5.39. The monoisotopic (exact) mass is 648 g/mol. The van der Waals surface area contributed by atoms with Crippen molar-refractivity contribution in [2.24, 2.45) is 0 Å². The lowest BCUT2D eigenvalue weighted by atomic mass is 10.0. The zero-order chi connectivity index (χ0) is 33.7. The number of hydrogen-bond donors (Lipinski definition) is 3. The number of carbonyl (C=O) groups is 4. The minimum atomic E-state index is -1.03. The third kappa shape index (κ3) is 9.45. The van der Waals surface area contributed by atoms with Crippen molar-refractivity contribution in [3.63, 3.8) is 0 Å². The van der Waals surface area contributed by atoms with Gasteiger partial charge in [0.25, 0.3) is 5.91 Å². The zero-order valence-corrected chi connectivity index (χ0v) is 26.9. The van der Waals surface area contributed by atoms with Gasteiger partial charge < -0.3 is 30.3 Å². The van der Waals surface area contributed by atoms with E-state index in [1.54, 1.807) is 31.3 Å². The van der Waals surface area contributed by atoms with Crippen LogP contribution in [-0.4, -0.2) is 74.0 Å². The van der Waals surface area contributed by atoms with Crippen molar-refractivity contribution in [1.82, 2.24) is 20.9 Å². The molecule has 248 valence electrons. The summed E-state index contributed by atoms with van der Waals surface area (Å²) < 4.78 is 11.7. The third-order valence-corrected chi connectivity index (χ3v) is 8.02. The smallest absolute Gasteiger partial charge is 0.255 e. The number of likely N-dealkylation sites (N-methyl/N-ethyl adjacent to an activating group) is 1. The lowest BCUT2D eigenvalue weighted by Crippen LogP contribution is -2.50. The van der Waals surface area contributed by atoms with Crippen LogP contribution in [-0.2, 0) is 20.8 Å². The van der Waals surface area contributed by atoms with Gasteiger partial charge in [-0.1, -0.05) is 84.9 Å². The van der Waals surface area contributed by atoms with Crippen LogP contribution >= 0.6 is 0 Å². The highest BCUT2D eigenvalue weighted by Crippen LogP contribution is 2.22. The number of para-hydroxylation sites is 1. The van der Waals surface area contributed by atoms with Gasteiger partial charge in [0.1, 0.15) is 36.8 Å². The van der Waals surface area contributed by atoms with Gasteiger partial charge in [-0.25, -0.2) is 0 Å². The van der Waals surface area contributed by atoms with E-state index in [1.807, 2.05) is 84.9 Å². The van der Waals surface area contributed by atoms with Crippen LogP contribution in [0.3, 0.4) is 0 Å². The van der Waals surface area contributed by atoms with E-state index in [2.05, 4.69) is 16.0 Å². The van der Waals surface area contributed by atoms with E-state index in [-0.39, 0.29) is 50.6 Å². The molecular formula is C38H40N4O6. The molecule has 0 spiro atoms. The molecule has 1 aliphatic rings. The number of rotatable bonds is 8. The number of carbonyl (C=O) groups excluding carboxylic acids is 4. The van der Waals surface area contributed by atoms with Crippen LogP contribution in [0.5, 0.6) is 11.5 Å². The Bertz CT molecular complexity index is 1680. The standard InChI is InChI=1S/C38H40N4O6/c1-42-23-25-48-34-15-9-8-14-31(34)36(44)41-32(20-21-35(43)40-33(38(42)46)26-27-10-4-2-5-11-27)37(45)39-22-24-47-30-18-16-29(17-19-30)28-12-6-3-7-13-28/h2-19,32-33H,20-26H2,1H3,(H,39,45)(H,40,43)(H,41,44)/t32-,33-/m0/s1. The van der Waals surface area contributed by atoms with Crippen molar-refractivity contribution in [2.75, 3.05) is 33.4 Å². The van der Waals surface area contributed by atoms with E-state index in [1.165, 1.54) is 4.90 Å². The Morgan fingerprint density at radius 3 is 2.27 bits per heavy atom. The van der Waals surface area contributed by atoms with Gasteiger partial charge in [-0.3, -0.25) is 19.2 Å². The van der Waals surface area contributed by atoms with Crippen LogP contribution in [0.2, 0.25) is 0 Å². The van der Waals surface area contributed by atoms with Crippen molar-refractivity contribution in [2.45, 2.75) is 31.3 Å². The van der Waals surface area contributed by atoms with Crippen LogP contribution in [0, 0.1) is 0 Å². The molecule has 0 saturated carbocycles. The second-order valence-electron chi connectivity index (χ2n) is 11.5. The van der Waals surface area contributed by atoms with E-state index in [4.69, 9.17) is 9.47 Å². The Morgan fingerprint density at radius 2 is 1.52 bits per heavy atom. The molecule has 2 atom stereocenters. The quantitative estimate of drug-likeness (QED) is 0.248. The first-order valence-electron chi connectivity index (χ1n) is 16.0. The van der Waals surface area contributed by atoms with Gasteiger partial charge in [0.2, 0.25) is 17.7 Å². The Balaban J connectivity index is 1.25. The molecule has 0 radical (unpaired) electrons. The van der Waals surface area contributed by atoms with Crippen molar-refractivity contribution < 1.29 is 28.7 Å². The summed E-state index contributed by atoms with van der Waals surface area (Å²) in [4.78, 5) is 54.9. The molecule has 1 aliphatic heterocycles. The fraction of sp³-hybridized carbons (Fsp3) is 0.263. The molecule has 10 nitrogen and oxygen atoms in total. The molecule has 4 amide bonds. The zero-order valence-electron chi connectivity index (χ0n) is 26.9. The lowest BCUT2D eigenvalue weighted by molar-refractivity contribution is -0.135. The predicted molar refractivity (Wildman–Crippen MR) is 183 cm³/mol. The van der Waals surface area contributed by atoms with E-state index < -0.39 is 29.8 Å². The molecule has 0 unspecified atom stereocenters. The summed E-state index contributed by atoms with van der Waals surface area (Å²) in [5.41, 5.74) is 3.31. The van der Waals surface area contributed by atoms with E-state index >= 15 is 0 Å². The number of fused-ring (bicyclic) bond motifs is 1. The Morgan fingerprint density at radius 1 is 0.854 bits per heavy atom. The average Bonchev–Trinajstić information content (AvgIpc) is 3.12. The summed E-state index contributed by atoms with van der Waals surface area (Å²) >= 11 is 0. The van der Waals surface area contributed by atoms with Gasteiger partial charge in [0.05, 0.1) is 18.7 Å². The Labute approximate surface area is 280 Å². The second kappa shape index (κ2) is 16.8. The Kier molecular flexibility index (Phi) is 11.8. The summed E-state index contributed by atoms with van der Waals surface area (Å²) in [5.74, 6) is -0.660. The molecule has 1 heterocycles. The lowest BCUT2D eigenvalue weighted by Gasteiger charge is -2.25. The maximum Gasteiger partial charge on any atom is 0.255 e. The molecular weight excluding hydrogens is 608 g/mol. The van der Waals surface area contributed by atoms with Gasteiger partial charge in [0, 0.05) is 19.9 Å². The van der Waals surface area contributed by atoms with Gasteiger partial charge in [-0.05, 0) is 47.4 Å².